The van der Waals surface area contributed by atoms with Crippen molar-refractivity contribution in [3.63, 3.8) is 0 Å². The molecular weight excluding hydrogens is 549 g/mol. The van der Waals surface area contributed by atoms with Gasteiger partial charge in [0.1, 0.15) is 5.60 Å². The average molecular weight is 576 g/mol. The van der Waals surface area contributed by atoms with Gasteiger partial charge in [0.05, 0.1) is 46.8 Å². The molecule has 0 aliphatic rings. The second kappa shape index (κ2) is 11.4. The Hall–Kier alpha value is -3.94. The van der Waals surface area contributed by atoms with E-state index in [9.17, 15) is 9.59 Å². The molecule has 4 heterocycles. The number of halogens is 2. The van der Waals surface area contributed by atoms with E-state index >= 15 is 0 Å². The zero-order valence-corrected chi connectivity index (χ0v) is 23.3. The molecule has 0 aromatic carbocycles. The van der Waals surface area contributed by atoms with Gasteiger partial charge in [-0.15, -0.1) is 0 Å². The molecule has 4 aromatic rings. The summed E-state index contributed by atoms with van der Waals surface area (Å²) in [7, 11) is 1.54. The largest absolute Gasteiger partial charge is 0.444 e. The molecule has 206 valence electrons. The molecule has 13 nitrogen and oxygen atoms in total. The predicted octanol–water partition coefficient (Wildman–Crippen LogP) is 4.99. The first-order valence-corrected chi connectivity index (χ1v) is 12.5. The number of pyridine rings is 1. The topological polar surface area (TPSA) is 150 Å². The molecule has 0 fully saturated rings. The van der Waals surface area contributed by atoms with E-state index in [-0.39, 0.29) is 16.7 Å². The van der Waals surface area contributed by atoms with Crippen molar-refractivity contribution in [1.82, 2.24) is 34.7 Å². The van der Waals surface area contributed by atoms with Crippen molar-refractivity contribution in [2.45, 2.75) is 45.9 Å². The molecule has 0 saturated carbocycles. The molecule has 0 bridgehead atoms. The molecule has 0 aliphatic carbocycles. The van der Waals surface area contributed by atoms with Crippen molar-refractivity contribution in [2.24, 2.45) is 0 Å². The molecule has 0 spiro atoms. The molecule has 4 rings (SSSR count). The van der Waals surface area contributed by atoms with Gasteiger partial charge in [0.25, 0.3) is 0 Å². The number of anilines is 2. The van der Waals surface area contributed by atoms with Crippen LogP contribution in [0.4, 0.5) is 21.0 Å². The number of aromatic nitrogens is 6. The first-order valence-electron chi connectivity index (χ1n) is 11.7. The van der Waals surface area contributed by atoms with Crippen LogP contribution < -0.4 is 16.0 Å². The molecule has 4 aromatic heterocycles. The van der Waals surface area contributed by atoms with Gasteiger partial charge in [0.15, 0.2) is 16.6 Å². The van der Waals surface area contributed by atoms with Crippen molar-refractivity contribution in [2.75, 3.05) is 17.7 Å². The third-order valence-corrected chi connectivity index (χ3v) is 5.71. The number of carbonyl (C=O) groups excluding carboxylic acids is 2. The summed E-state index contributed by atoms with van der Waals surface area (Å²) in [6.45, 7) is 7.37. The van der Waals surface area contributed by atoms with Crippen LogP contribution in [0.2, 0.25) is 10.2 Å². The van der Waals surface area contributed by atoms with Crippen LogP contribution in [0.3, 0.4) is 0 Å². The molecule has 0 unspecified atom stereocenters. The minimum absolute atomic E-state index is 0.210. The number of ether oxygens (including phenoxy) is 2. The summed E-state index contributed by atoms with van der Waals surface area (Å²) in [5.74, 6) is 0.340. The van der Waals surface area contributed by atoms with E-state index in [0.29, 0.717) is 34.1 Å². The summed E-state index contributed by atoms with van der Waals surface area (Å²) in [6.07, 6.45) is 5.23. The van der Waals surface area contributed by atoms with Crippen LogP contribution in [0.15, 0.2) is 36.9 Å². The highest BCUT2D eigenvalue weighted by Crippen LogP contribution is 2.27. The van der Waals surface area contributed by atoms with E-state index in [1.165, 1.54) is 27.7 Å². The number of carbonyl (C=O) groups is 2. The number of nitrogens with one attached hydrogen (secondary N) is 3. The van der Waals surface area contributed by atoms with E-state index in [0.717, 1.165) is 0 Å². The van der Waals surface area contributed by atoms with Crippen molar-refractivity contribution < 1.29 is 19.1 Å². The van der Waals surface area contributed by atoms with Crippen LogP contribution in [0, 0.1) is 0 Å². The Bertz CT molecular complexity index is 1510. The fourth-order valence-corrected chi connectivity index (χ4v) is 3.96. The minimum Gasteiger partial charge on any atom is -0.444 e. The predicted molar refractivity (Wildman–Crippen MR) is 146 cm³/mol. The number of fused-ring (bicyclic) bond motifs is 1. The molecule has 39 heavy (non-hydrogen) atoms. The standard InChI is InChI=1S/C24H27Cl2N9O4/c1-13(38-5)20-17(11-27-19-7-18(26)33-35(19)20)32-22(36)31-15-6-16(25)21(28-10-15)34-12-14(9-30-34)8-29-23(37)39-24(2,3)4/h6-7,9-13H,8H2,1-5H3,(H,29,37)(H2,31,32,36)/t13-/m0/s1. The van der Waals surface area contributed by atoms with Crippen LogP contribution in [-0.4, -0.2) is 54.2 Å². The molecule has 15 heteroatoms. The first kappa shape index (κ1) is 28.1. The lowest BCUT2D eigenvalue weighted by molar-refractivity contribution is 0.0523. The number of alkyl carbamates (subject to hydrolysis) is 1. The summed E-state index contributed by atoms with van der Waals surface area (Å²) in [4.78, 5) is 33.3. The number of rotatable bonds is 7. The first-order chi connectivity index (χ1) is 18.4. The van der Waals surface area contributed by atoms with Gasteiger partial charge in [-0.05, 0) is 33.8 Å². The summed E-state index contributed by atoms with van der Waals surface area (Å²) in [5.41, 5.74) is 1.92. The number of urea groups is 1. The molecule has 0 saturated heterocycles. The number of nitrogens with zero attached hydrogens (tertiary/aromatic N) is 6. The van der Waals surface area contributed by atoms with E-state index in [4.69, 9.17) is 32.7 Å². The number of methoxy groups -OCH3 is 1. The number of amides is 3. The smallest absolute Gasteiger partial charge is 0.407 e. The van der Waals surface area contributed by atoms with Gasteiger partial charge in [-0.2, -0.15) is 10.2 Å². The highest BCUT2D eigenvalue weighted by atomic mass is 35.5. The lowest BCUT2D eigenvalue weighted by atomic mass is 10.2. The van der Waals surface area contributed by atoms with Crippen LogP contribution in [0.1, 0.15) is 45.1 Å². The van der Waals surface area contributed by atoms with Gasteiger partial charge in [-0.25, -0.2) is 28.8 Å². The SMILES string of the molecule is CO[C@@H](C)c1c(NC(=O)Nc2cnc(-n3cc(CNC(=O)OC(C)(C)C)cn3)c(Cl)c2)cnc2cc(Cl)nn12. The third-order valence-electron chi connectivity index (χ3n) is 5.25. The van der Waals surface area contributed by atoms with Gasteiger partial charge in [0, 0.05) is 31.5 Å². The number of hydrogen-bond donors (Lipinski definition) is 3. The molecule has 0 aliphatic heterocycles. The zero-order valence-electron chi connectivity index (χ0n) is 21.8. The summed E-state index contributed by atoms with van der Waals surface area (Å²) >= 11 is 12.5. The highest BCUT2D eigenvalue weighted by Gasteiger charge is 2.20. The molecule has 1 atom stereocenters. The minimum atomic E-state index is -0.596. The van der Waals surface area contributed by atoms with Crippen LogP contribution in [-0.2, 0) is 16.0 Å². The Balaban J connectivity index is 1.43. The Morgan fingerprint density at radius 3 is 2.56 bits per heavy atom. The fourth-order valence-electron chi connectivity index (χ4n) is 3.53. The Labute approximate surface area is 233 Å². The molecule has 3 N–H and O–H groups in total. The lowest BCUT2D eigenvalue weighted by Crippen LogP contribution is -2.32. The molecular formula is C24H27Cl2N9O4. The van der Waals surface area contributed by atoms with E-state index in [1.54, 1.807) is 46.3 Å². The quantitative estimate of drug-likeness (QED) is 0.279. The van der Waals surface area contributed by atoms with E-state index in [1.807, 2.05) is 6.92 Å². The van der Waals surface area contributed by atoms with Gasteiger partial charge in [-0.1, -0.05) is 23.2 Å². The molecule has 0 radical (unpaired) electrons. The second-order valence-corrected chi connectivity index (χ2v) is 10.2. The summed E-state index contributed by atoms with van der Waals surface area (Å²) < 4.78 is 13.7. The maximum atomic E-state index is 12.8. The maximum Gasteiger partial charge on any atom is 0.407 e. The Kier molecular flexibility index (Phi) is 8.23. The second-order valence-electron chi connectivity index (χ2n) is 9.43. The van der Waals surface area contributed by atoms with Gasteiger partial charge < -0.3 is 25.4 Å². The maximum absolute atomic E-state index is 12.8. The van der Waals surface area contributed by atoms with Gasteiger partial charge in [-0.3, -0.25) is 0 Å². The number of hydrogen-bond acceptors (Lipinski definition) is 8. The van der Waals surface area contributed by atoms with Crippen molar-refractivity contribution in [1.29, 1.82) is 0 Å². The normalized spacial score (nSPS) is 12.3. The van der Waals surface area contributed by atoms with Gasteiger partial charge >= 0.3 is 12.1 Å². The highest BCUT2D eigenvalue weighted by molar-refractivity contribution is 6.32. The average Bonchev–Trinajstić information content (AvgIpc) is 3.47. The van der Waals surface area contributed by atoms with Crippen LogP contribution in [0.5, 0.6) is 0 Å². The van der Waals surface area contributed by atoms with Crippen LogP contribution >= 0.6 is 23.2 Å². The summed E-state index contributed by atoms with van der Waals surface area (Å²) in [6, 6.07) is 2.59. The Morgan fingerprint density at radius 2 is 1.87 bits per heavy atom. The fraction of sp³-hybridized carbons (Fsp3) is 0.333. The van der Waals surface area contributed by atoms with E-state index < -0.39 is 23.8 Å². The Morgan fingerprint density at radius 1 is 1.10 bits per heavy atom. The monoisotopic (exact) mass is 575 g/mol. The summed E-state index contributed by atoms with van der Waals surface area (Å²) in [5, 5.41) is 17.1. The van der Waals surface area contributed by atoms with E-state index in [2.05, 4.69) is 36.1 Å². The van der Waals surface area contributed by atoms with Gasteiger partial charge in [0.2, 0.25) is 0 Å². The van der Waals surface area contributed by atoms with Crippen LogP contribution in [0.25, 0.3) is 11.5 Å². The lowest BCUT2D eigenvalue weighted by Gasteiger charge is -2.19. The van der Waals surface area contributed by atoms with Crippen molar-refractivity contribution >= 4 is 52.3 Å². The third kappa shape index (κ3) is 6.93. The molecule has 3 amide bonds. The van der Waals surface area contributed by atoms with Crippen molar-refractivity contribution in [3.05, 3.63) is 58.4 Å². The van der Waals surface area contributed by atoms with Crippen molar-refractivity contribution in [3.8, 4) is 5.82 Å². The zero-order chi connectivity index (χ0) is 28.3.